The predicted octanol–water partition coefficient (Wildman–Crippen LogP) is 2.65. The number of aryl methyl sites for hydroxylation is 2. The summed E-state index contributed by atoms with van der Waals surface area (Å²) in [5.74, 6) is 1.47. The SMILES string of the molecule is COc1ccc(N2CCN(C(=O)Nc3c(C)noc3C)CC2)cc1. The lowest BCUT2D eigenvalue weighted by Gasteiger charge is -2.36. The molecular weight excluding hydrogens is 308 g/mol. The second-order valence-electron chi connectivity index (χ2n) is 5.80. The van der Waals surface area contributed by atoms with Crippen molar-refractivity contribution in [1.29, 1.82) is 0 Å². The number of carbonyl (C=O) groups excluding carboxylic acids is 1. The van der Waals surface area contributed by atoms with Gasteiger partial charge in [-0.3, -0.25) is 0 Å². The van der Waals surface area contributed by atoms with E-state index in [9.17, 15) is 4.79 Å². The van der Waals surface area contributed by atoms with Gasteiger partial charge in [0.15, 0.2) is 5.76 Å². The van der Waals surface area contributed by atoms with Crippen LogP contribution in [0.25, 0.3) is 0 Å². The smallest absolute Gasteiger partial charge is 0.322 e. The van der Waals surface area contributed by atoms with Crippen LogP contribution in [0.4, 0.5) is 16.2 Å². The first-order valence-electron chi connectivity index (χ1n) is 7.96. The van der Waals surface area contributed by atoms with Gasteiger partial charge >= 0.3 is 6.03 Å². The summed E-state index contributed by atoms with van der Waals surface area (Å²) in [7, 11) is 1.66. The topological polar surface area (TPSA) is 70.8 Å². The summed E-state index contributed by atoms with van der Waals surface area (Å²) in [6.07, 6.45) is 0. The van der Waals surface area contributed by atoms with E-state index in [4.69, 9.17) is 9.26 Å². The second kappa shape index (κ2) is 6.82. The molecular formula is C17H22N4O3. The van der Waals surface area contributed by atoms with Gasteiger partial charge in [0.25, 0.3) is 0 Å². The van der Waals surface area contributed by atoms with Gasteiger partial charge in [0.2, 0.25) is 0 Å². The number of carbonyl (C=O) groups is 1. The number of nitrogens with one attached hydrogen (secondary N) is 1. The fourth-order valence-electron chi connectivity index (χ4n) is 2.81. The Morgan fingerprint density at radius 3 is 2.38 bits per heavy atom. The van der Waals surface area contributed by atoms with Crippen molar-refractivity contribution in [2.45, 2.75) is 13.8 Å². The average molecular weight is 330 g/mol. The van der Waals surface area contributed by atoms with Crippen LogP contribution in [0.5, 0.6) is 5.75 Å². The number of ether oxygens (including phenoxy) is 1. The molecule has 0 unspecified atom stereocenters. The van der Waals surface area contributed by atoms with Crippen LogP contribution in [-0.4, -0.2) is 49.4 Å². The molecule has 1 aromatic carbocycles. The fourth-order valence-corrected chi connectivity index (χ4v) is 2.81. The van der Waals surface area contributed by atoms with Gasteiger partial charge in [-0.1, -0.05) is 5.16 Å². The van der Waals surface area contributed by atoms with E-state index in [0.717, 1.165) is 24.5 Å². The Morgan fingerprint density at radius 1 is 1.17 bits per heavy atom. The van der Waals surface area contributed by atoms with E-state index >= 15 is 0 Å². The largest absolute Gasteiger partial charge is 0.497 e. The molecule has 1 N–H and O–H groups in total. The second-order valence-corrected chi connectivity index (χ2v) is 5.80. The molecule has 0 bridgehead atoms. The summed E-state index contributed by atoms with van der Waals surface area (Å²) in [6, 6.07) is 7.87. The van der Waals surface area contributed by atoms with Crippen molar-refractivity contribution < 1.29 is 14.1 Å². The highest BCUT2D eigenvalue weighted by molar-refractivity contribution is 5.90. The lowest BCUT2D eigenvalue weighted by Crippen LogP contribution is -2.50. The van der Waals surface area contributed by atoms with E-state index in [1.807, 2.05) is 36.1 Å². The van der Waals surface area contributed by atoms with Crippen molar-refractivity contribution in [3.63, 3.8) is 0 Å². The van der Waals surface area contributed by atoms with Gasteiger partial charge in [-0.05, 0) is 38.1 Å². The molecule has 2 aromatic rings. The summed E-state index contributed by atoms with van der Waals surface area (Å²) in [5, 5.41) is 6.75. The molecule has 24 heavy (non-hydrogen) atoms. The number of benzene rings is 1. The minimum atomic E-state index is -0.112. The van der Waals surface area contributed by atoms with Gasteiger partial charge in [-0.2, -0.15) is 0 Å². The normalized spacial score (nSPS) is 14.6. The van der Waals surface area contributed by atoms with E-state index < -0.39 is 0 Å². The van der Waals surface area contributed by atoms with Crippen molar-refractivity contribution >= 4 is 17.4 Å². The maximum atomic E-state index is 12.4. The number of nitrogens with zero attached hydrogens (tertiary/aromatic N) is 3. The van der Waals surface area contributed by atoms with Gasteiger partial charge in [0.05, 0.1) is 7.11 Å². The minimum absolute atomic E-state index is 0.112. The Balaban J connectivity index is 1.57. The summed E-state index contributed by atoms with van der Waals surface area (Å²) >= 11 is 0. The number of urea groups is 1. The van der Waals surface area contributed by atoms with E-state index in [2.05, 4.69) is 15.4 Å². The van der Waals surface area contributed by atoms with Gasteiger partial charge in [-0.25, -0.2) is 4.79 Å². The van der Waals surface area contributed by atoms with Gasteiger partial charge in [-0.15, -0.1) is 0 Å². The number of amides is 2. The first-order valence-corrected chi connectivity index (χ1v) is 7.96. The van der Waals surface area contributed by atoms with E-state index in [-0.39, 0.29) is 6.03 Å². The number of anilines is 2. The number of hydrogen-bond acceptors (Lipinski definition) is 5. The van der Waals surface area contributed by atoms with Gasteiger partial charge in [0.1, 0.15) is 17.1 Å². The average Bonchev–Trinajstić information content (AvgIpc) is 2.94. The number of hydrogen-bond donors (Lipinski definition) is 1. The molecule has 1 aromatic heterocycles. The molecule has 3 rings (SSSR count). The summed E-state index contributed by atoms with van der Waals surface area (Å²) in [6.45, 7) is 6.52. The van der Waals surface area contributed by atoms with Gasteiger partial charge in [0, 0.05) is 31.9 Å². The molecule has 1 aliphatic heterocycles. The molecule has 0 spiro atoms. The molecule has 0 radical (unpaired) electrons. The van der Waals surface area contributed by atoms with Crippen LogP contribution in [0.2, 0.25) is 0 Å². The first-order chi connectivity index (χ1) is 11.6. The van der Waals surface area contributed by atoms with Crippen molar-refractivity contribution in [2.24, 2.45) is 0 Å². The Bertz CT molecular complexity index is 684. The molecule has 1 fully saturated rings. The molecule has 1 aliphatic rings. The molecule has 7 heteroatoms. The van der Waals surface area contributed by atoms with Crippen molar-refractivity contribution in [2.75, 3.05) is 43.5 Å². The van der Waals surface area contributed by atoms with Crippen LogP contribution < -0.4 is 15.0 Å². The van der Waals surface area contributed by atoms with Gasteiger partial charge < -0.3 is 24.4 Å². The Labute approximate surface area is 141 Å². The highest BCUT2D eigenvalue weighted by Gasteiger charge is 2.23. The van der Waals surface area contributed by atoms with Crippen LogP contribution in [0.15, 0.2) is 28.8 Å². The molecule has 2 heterocycles. The lowest BCUT2D eigenvalue weighted by atomic mass is 10.2. The number of piperazine rings is 1. The molecule has 128 valence electrons. The van der Waals surface area contributed by atoms with E-state index in [1.165, 1.54) is 0 Å². The first kappa shape index (κ1) is 16.2. The minimum Gasteiger partial charge on any atom is -0.497 e. The molecule has 2 amide bonds. The van der Waals surface area contributed by atoms with Crippen molar-refractivity contribution in [3.05, 3.63) is 35.7 Å². The number of aromatic nitrogens is 1. The lowest BCUT2D eigenvalue weighted by molar-refractivity contribution is 0.208. The van der Waals surface area contributed by atoms with E-state index in [0.29, 0.717) is 30.2 Å². The highest BCUT2D eigenvalue weighted by Crippen LogP contribution is 2.22. The third-order valence-corrected chi connectivity index (χ3v) is 4.27. The van der Waals surface area contributed by atoms with Crippen molar-refractivity contribution in [3.8, 4) is 5.75 Å². The predicted molar refractivity (Wildman–Crippen MR) is 91.8 cm³/mol. The summed E-state index contributed by atoms with van der Waals surface area (Å²) < 4.78 is 10.3. The van der Waals surface area contributed by atoms with E-state index in [1.54, 1.807) is 14.0 Å². The zero-order chi connectivity index (χ0) is 17.1. The Kier molecular flexibility index (Phi) is 4.59. The maximum Gasteiger partial charge on any atom is 0.322 e. The Hall–Kier alpha value is -2.70. The molecule has 0 saturated carbocycles. The number of rotatable bonds is 3. The maximum absolute atomic E-state index is 12.4. The summed E-state index contributed by atoms with van der Waals surface area (Å²) in [4.78, 5) is 16.5. The Morgan fingerprint density at radius 2 is 1.83 bits per heavy atom. The fraction of sp³-hybridized carbons (Fsp3) is 0.412. The number of methoxy groups -OCH3 is 1. The molecule has 1 saturated heterocycles. The van der Waals surface area contributed by atoms with Crippen molar-refractivity contribution in [1.82, 2.24) is 10.1 Å². The van der Waals surface area contributed by atoms with Crippen LogP contribution >= 0.6 is 0 Å². The summed E-state index contributed by atoms with van der Waals surface area (Å²) in [5.41, 5.74) is 2.50. The third-order valence-electron chi connectivity index (χ3n) is 4.27. The van der Waals surface area contributed by atoms with Crippen LogP contribution in [0.1, 0.15) is 11.5 Å². The molecule has 7 nitrogen and oxygen atoms in total. The third kappa shape index (κ3) is 3.29. The van der Waals surface area contributed by atoms with Crippen LogP contribution in [0.3, 0.4) is 0 Å². The standard InChI is InChI=1S/C17H22N4O3/c1-12-16(13(2)24-19-12)18-17(22)21-10-8-20(9-11-21)14-4-6-15(23-3)7-5-14/h4-7H,8-11H2,1-3H3,(H,18,22). The molecule has 0 aliphatic carbocycles. The monoisotopic (exact) mass is 330 g/mol. The zero-order valence-corrected chi connectivity index (χ0v) is 14.2. The highest BCUT2D eigenvalue weighted by atomic mass is 16.5. The van der Waals surface area contributed by atoms with Crippen LogP contribution in [-0.2, 0) is 0 Å². The quantitative estimate of drug-likeness (QED) is 0.937. The molecule has 0 atom stereocenters. The van der Waals surface area contributed by atoms with Crippen LogP contribution in [0, 0.1) is 13.8 Å². The zero-order valence-electron chi connectivity index (χ0n) is 14.2.